The summed E-state index contributed by atoms with van der Waals surface area (Å²) in [6.45, 7) is 1.48. The zero-order valence-electron chi connectivity index (χ0n) is 9.41. The number of hydrazone groups is 1. The first-order chi connectivity index (χ1) is 8.16. The molecular formula is C12H13N3OS. The fourth-order valence-corrected chi connectivity index (χ4v) is 2.32. The number of carbonyl (C=O) groups excluding carboxylic acids is 1. The Morgan fingerprint density at radius 3 is 2.82 bits per heavy atom. The second-order valence-electron chi connectivity index (χ2n) is 3.58. The quantitative estimate of drug-likeness (QED) is 0.867. The number of thioether (sulfide) groups is 1. The van der Waals surface area contributed by atoms with Gasteiger partial charge in [-0.1, -0.05) is 48.2 Å². The number of rotatable bonds is 2. The maximum Gasteiger partial charge on any atom is 0.241 e. The maximum absolute atomic E-state index is 11.3. The molecule has 1 heterocycles. The molecule has 0 radical (unpaired) electrons. The molecule has 0 aromatic heterocycles. The lowest BCUT2D eigenvalue weighted by Crippen LogP contribution is -2.27. The minimum atomic E-state index is -0.146. The highest BCUT2D eigenvalue weighted by Gasteiger charge is 2.26. The van der Waals surface area contributed by atoms with Crippen molar-refractivity contribution in [1.29, 1.82) is 0 Å². The highest BCUT2D eigenvalue weighted by Crippen LogP contribution is 2.25. The monoisotopic (exact) mass is 247 g/mol. The lowest BCUT2D eigenvalue weighted by molar-refractivity contribution is -0.128. The van der Waals surface area contributed by atoms with Gasteiger partial charge in [-0.2, -0.15) is 0 Å². The predicted molar refractivity (Wildman–Crippen MR) is 71.0 cm³/mol. The fourth-order valence-electron chi connectivity index (χ4n) is 1.49. The van der Waals surface area contributed by atoms with E-state index < -0.39 is 0 Å². The third kappa shape index (κ3) is 2.88. The minimum absolute atomic E-state index is 0.110. The van der Waals surface area contributed by atoms with Crippen LogP contribution in [0, 0.1) is 0 Å². The van der Waals surface area contributed by atoms with E-state index in [2.05, 4.69) is 5.10 Å². The first-order valence-corrected chi connectivity index (χ1v) is 6.08. The zero-order chi connectivity index (χ0) is 12.3. The van der Waals surface area contributed by atoms with Crippen LogP contribution in [-0.2, 0) is 4.79 Å². The van der Waals surface area contributed by atoms with Crippen LogP contribution in [0.4, 0.5) is 0 Å². The van der Waals surface area contributed by atoms with E-state index in [9.17, 15) is 4.79 Å². The Morgan fingerprint density at radius 1 is 1.47 bits per heavy atom. The molecule has 17 heavy (non-hydrogen) atoms. The second kappa shape index (κ2) is 5.05. The number of amidine groups is 1. The molecule has 0 saturated heterocycles. The number of carbonyl (C=O) groups is 1. The molecule has 0 fully saturated rings. The van der Waals surface area contributed by atoms with E-state index in [1.165, 1.54) is 23.7 Å². The number of amides is 1. The number of nitrogens with zero attached hydrogens (tertiary/aromatic N) is 2. The van der Waals surface area contributed by atoms with Gasteiger partial charge in [0.05, 0.1) is 0 Å². The van der Waals surface area contributed by atoms with Crippen molar-refractivity contribution in [2.24, 2.45) is 10.8 Å². The number of benzene rings is 1. The second-order valence-corrected chi connectivity index (χ2v) is 4.72. The van der Waals surface area contributed by atoms with Crippen molar-refractivity contribution in [2.75, 3.05) is 0 Å². The minimum Gasteiger partial charge on any atom is -0.377 e. The molecule has 1 atom stereocenters. The Kier molecular flexibility index (Phi) is 3.49. The standard InChI is InChI=1S/C12H13N3OS/c1-9(16)15-11(17-12(13)14-15)8-7-10-5-3-2-4-6-10/h2-8,11H,1H3,(H2,13,14). The smallest absolute Gasteiger partial charge is 0.241 e. The van der Waals surface area contributed by atoms with Gasteiger partial charge in [-0.25, -0.2) is 5.01 Å². The molecule has 0 spiro atoms. The van der Waals surface area contributed by atoms with Gasteiger partial charge < -0.3 is 5.73 Å². The van der Waals surface area contributed by atoms with Gasteiger partial charge in [0.2, 0.25) is 5.91 Å². The number of hydrogen-bond acceptors (Lipinski definition) is 4. The van der Waals surface area contributed by atoms with E-state index in [1.807, 2.05) is 42.5 Å². The Bertz CT molecular complexity index is 470. The summed E-state index contributed by atoms with van der Waals surface area (Å²) in [5.41, 5.74) is 6.69. The summed E-state index contributed by atoms with van der Waals surface area (Å²) in [4.78, 5) is 11.3. The Morgan fingerprint density at radius 2 is 2.18 bits per heavy atom. The highest BCUT2D eigenvalue weighted by molar-refractivity contribution is 8.14. The van der Waals surface area contributed by atoms with Gasteiger partial charge in [0.25, 0.3) is 0 Å². The summed E-state index contributed by atoms with van der Waals surface area (Å²) >= 11 is 1.37. The molecule has 0 aliphatic carbocycles. The van der Waals surface area contributed by atoms with E-state index in [4.69, 9.17) is 5.73 Å². The number of nitrogens with two attached hydrogens (primary N) is 1. The number of hydrogen-bond donors (Lipinski definition) is 1. The molecule has 1 aliphatic heterocycles. The molecule has 1 aromatic carbocycles. The Balaban J connectivity index is 2.10. The van der Waals surface area contributed by atoms with Crippen molar-refractivity contribution in [1.82, 2.24) is 5.01 Å². The van der Waals surface area contributed by atoms with Gasteiger partial charge in [0.1, 0.15) is 5.37 Å². The molecule has 2 N–H and O–H groups in total. The van der Waals surface area contributed by atoms with Gasteiger partial charge >= 0.3 is 0 Å². The molecule has 4 nitrogen and oxygen atoms in total. The van der Waals surface area contributed by atoms with Crippen molar-refractivity contribution >= 4 is 28.9 Å². The summed E-state index contributed by atoms with van der Waals surface area (Å²) in [5, 5.41) is 5.63. The van der Waals surface area contributed by atoms with Crippen molar-refractivity contribution < 1.29 is 4.79 Å². The van der Waals surface area contributed by atoms with Gasteiger partial charge in [-0.3, -0.25) is 4.79 Å². The fraction of sp³-hybridized carbons (Fsp3) is 0.167. The Hall–Kier alpha value is -1.75. The van der Waals surface area contributed by atoms with Crippen LogP contribution in [0.15, 0.2) is 41.5 Å². The van der Waals surface area contributed by atoms with Crippen molar-refractivity contribution in [3.05, 3.63) is 42.0 Å². The molecule has 1 aromatic rings. The van der Waals surface area contributed by atoms with Crippen LogP contribution in [-0.4, -0.2) is 21.5 Å². The average molecular weight is 247 g/mol. The molecule has 0 bridgehead atoms. The summed E-state index contributed by atoms with van der Waals surface area (Å²) in [7, 11) is 0. The lowest BCUT2D eigenvalue weighted by atomic mass is 10.2. The van der Waals surface area contributed by atoms with E-state index in [-0.39, 0.29) is 11.3 Å². The Labute approximate surface area is 104 Å². The largest absolute Gasteiger partial charge is 0.377 e. The van der Waals surface area contributed by atoms with Crippen LogP contribution >= 0.6 is 11.8 Å². The summed E-state index contributed by atoms with van der Waals surface area (Å²) in [6.07, 6.45) is 3.88. The van der Waals surface area contributed by atoms with Crippen molar-refractivity contribution in [3.8, 4) is 0 Å². The first kappa shape index (κ1) is 11.7. The van der Waals surface area contributed by atoms with Crippen LogP contribution in [0.25, 0.3) is 6.08 Å². The molecular weight excluding hydrogens is 234 g/mol. The van der Waals surface area contributed by atoms with Crippen LogP contribution in [0.2, 0.25) is 0 Å². The van der Waals surface area contributed by atoms with E-state index in [0.717, 1.165) is 5.56 Å². The van der Waals surface area contributed by atoms with Crippen LogP contribution in [0.1, 0.15) is 12.5 Å². The first-order valence-electron chi connectivity index (χ1n) is 5.20. The molecule has 1 unspecified atom stereocenters. The molecule has 2 rings (SSSR count). The summed E-state index contributed by atoms with van der Waals surface area (Å²) in [5.74, 6) is -0.110. The molecule has 1 aliphatic rings. The van der Waals surface area contributed by atoms with Crippen LogP contribution in [0.3, 0.4) is 0 Å². The highest BCUT2D eigenvalue weighted by atomic mass is 32.2. The van der Waals surface area contributed by atoms with Crippen molar-refractivity contribution in [2.45, 2.75) is 12.3 Å². The molecule has 88 valence electrons. The third-order valence-electron chi connectivity index (χ3n) is 2.26. The lowest BCUT2D eigenvalue weighted by Gasteiger charge is -2.14. The molecule has 0 saturated carbocycles. The van der Waals surface area contributed by atoms with Crippen LogP contribution in [0.5, 0.6) is 0 Å². The topological polar surface area (TPSA) is 58.7 Å². The summed E-state index contributed by atoms with van der Waals surface area (Å²) < 4.78 is 0. The van der Waals surface area contributed by atoms with Crippen LogP contribution < -0.4 is 5.73 Å². The third-order valence-corrected chi connectivity index (χ3v) is 3.19. The van der Waals surface area contributed by atoms with Gasteiger partial charge in [0.15, 0.2) is 5.17 Å². The summed E-state index contributed by atoms with van der Waals surface area (Å²) in [6, 6.07) is 9.89. The predicted octanol–water partition coefficient (Wildman–Crippen LogP) is 1.85. The average Bonchev–Trinajstić information content (AvgIpc) is 2.69. The SMILES string of the molecule is CC(=O)N1N=C(N)SC1C=Cc1ccccc1. The maximum atomic E-state index is 11.3. The van der Waals surface area contributed by atoms with Gasteiger partial charge in [-0.05, 0) is 11.6 Å². The zero-order valence-corrected chi connectivity index (χ0v) is 10.2. The van der Waals surface area contributed by atoms with Crippen molar-refractivity contribution in [3.63, 3.8) is 0 Å². The van der Waals surface area contributed by atoms with E-state index in [1.54, 1.807) is 0 Å². The van der Waals surface area contributed by atoms with Gasteiger partial charge in [0, 0.05) is 6.92 Å². The van der Waals surface area contributed by atoms with E-state index >= 15 is 0 Å². The van der Waals surface area contributed by atoms with E-state index in [0.29, 0.717) is 5.17 Å². The normalized spacial score (nSPS) is 19.7. The van der Waals surface area contributed by atoms with Gasteiger partial charge in [-0.15, -0.1) is 5.10 Å². The molecule has 5 heteroatoms. The molecule has 1 amide bonds.